The Bertz CT molecular complexity index is 629. The van der Waals surface area contributed by atoms with Crippen LogP contribution >= 0.6 is 0 Å². The molecule has 1 heterocycles. The van der Waals surface area contributed by atoms with Gasteiger partial charge in [0.05, 0.1) is 17.2 Å². The molecule has 2 unspecified atom stereocenters. The first-order valence-corrected chi connectivity index (χ1v) is 9.26. The molecule has 5 rings (SSSR count). The number of nitrogens with zero attached hydrogens (tertiary/aromatic N) is 3. The van der Waals surface area contributed by atoms with E-state index < -0.39 is 23.3 Å². The van der Waals surface area contributed by atoms with Crippen LogP contribution in [0, 0.1) is 23.2 Å². The van der Waals surface area contributed by atoms with Crippen LogP contribution in [0.1, 0.15) is 51.4 Å². The minimum Gasteiger partial charge on any atom is -0.465 e. The molecule has 7 nitrogen and oxygen atoms in total. The number of carbonyl (C=O) groups excluding carboxylic acids is 1. The van der Waals surface area contributed by atoms with Crippen molar-refractivity contribution in [1.82, 2.24) is 9.80 Å². The van der Waals surface area contributed by atoms with Gasteiger partial charge in [0.25, 0.3) is 0 Å². The zero-order valence-electron chi connectivity index (χ0n) is 14.4. The number of carbonyl (C=O) groups is 2. The van der Waals surface area contributed by atoms with Gasteiger partial charge in [0.1, 0.15) is 12.6 Å². The molecule has 0 aromatic heterocycles. The number of nitriles is 1. The third-order valence-electron chi connectivity index (χ3n) is 6.82. The molecule has 2 amide bonds. The predicted octanol–water partition coefficient (Wildman–Crippen LogP) is 1.56. The van der Waals surface area contributed by atoms with Gasteiger partial charge in [-0.15, -0.1) is 0 Å². The van der Waals surface area contributed by atoms with Gasteiger partial charge in [-0.05, 0) is 63.2 Å². The van der Waals surface area contributed by atoms with Crippen molar-refractivity contribution in [2.45, 2.75) is 68.5 Å². The Balaban J connectivity index is 1.57. The Kier molecular flexibility index (Phi) is 3.73. The minimum atomic E-state index is -1.09. The molecular weight excluding hydrogens is 322 g/mol. The zero-order chi connectivity index (χ0) is 17.8. The summed E-state index contributed by atoms with van der Waals surface area (Å²) in [6, 6.07) is 1.70. The van der Waals surface area contributed by atoms with Gasteiger partial charge in [-0.25, -0.2) is 4.79 Å². The number of hydrogen-bond donors (Lipinski definition) is 2. The molecule has 2 N–H and O–H groups in total. The monoisotopic (exact) mass is 347 g/mol. The first-order chi connectivity index (χ1) is 11.8. The summed E-state index contributed by atoms with van der Waals surface area (Å²) in [5, 5.41) is 29.9. The van der Waals surface area contributed by atoms with Crippen LogP contribution in [0.5, 0.6) is 0 Å². The number of amides is 2. The van der Waals surface area contributed by atoms with E-state index in [9.17, 15) is 25.1 Å². The molecule has 136 valence electrons. The number of aliphatic hydroxyl groups is 1. The van der Waals surface area contributed by atoms with Crippen LogP contribution < -0.4 is 0 Å². The van der Waals surface area contributed by atoms with Crippen LogP contribution in [0.25, 0.3) is 0 Å². The van der Waals surface area contributed by atoms with Crippen LogP contribution in [-0.2, 0) is 4.79 Å². The van der Waals surface area contributed by atoms with Crippen molar-refractivity contribution < 1.29 is 19.8 Å². The lowest BCUT2D eigenvalue weighted by atomic mass is 9.50. The van der Waals surface area contributed by atoms with Crippen LogP contribution in [-0.4, -0.2) is 62.3 Å². The van der Waals surface area contributed by atoms with E-state index in [2.05, 4.69) is 6.07 Å². The summed E-state index contributed by atoms with van der Waals surface area (Å²) in [4.78, 5) is 27.6. The van der Waals surface area contributed by atoms with Crippen LogP contribution in [0.15, 0.2) is 0 Å². The average molecular weight is 347 g/mol. The molecular formula is C18H25N3O4. The third kappa shape index (κ3) is 2.67. The highest BCUT2D eigenvalue weighted by atomic mass is 16.4. The van der Waals surface area contributed by atoms with E-state index >= 15 is 0 Å². The maximum atomic E-state index is 12.7. The number of rotatable bonds is 3. The quantitative estimate of drug-likeness (QED) is 0.806. The molecule has 7 heteroatoms. The lowest BCUT2D eigenvalue weighted by Crippen LogP contribution is -2.67. The second kappa shape index (κ2) is 5.60. The summed E-state index contributed by atoms with van der Waals surface area (Å²) >= 11 is 0. The standard InChI is InChI=1S/C18H25N3O4/c19-9-14-2-1-3-20(14)15(22)10-21(16(23)24)17-5-12-4-13(6-17)8-18(25,7-12)11-17/h12-14,25H,1-8,10-11H2,(H,23,24)/t12?,13?,14-,17?,18?/m0/s1. The summed E-state index contributed by atoms with van der Waals surface area (Å²) in [5.74, 6) is 0.415. The van der Waals surface area contributed by atoms with Gasteiger partial charge in [0, 0.05) is 6.54 Å². The van der Waals surface area contributed by atoms with Gasteiger partial charge in [-0.1, -0.05) is 0 Å². The van der Waals surface area contributed by atoms with Crippen molar-refractivity contribution in [1.29, 1.82) is 5.26 Å². The van der Waals surface area contributed by atoms with Crippen LogP contribution in [0.4, 0.5) is 4.79 Å². The summed E-state index contributed by atoms with van der Waals surface area (Å²) < 4.78 is 0. The van der Waals surface area contributed by atoms with Gasteiger partial charge in [0.15, 0.2) is 0 Å². The highest BCUT2D eigenvalue weighted by molar-refractivity contribution is 5.83. The second-order valence-corrected chi connectivity index (χ2v) is 8.65. The average Bonchev–Trinajstić information content (AvgIpc) is 2.98. The van der Waals surface area contributed by atoms with Crippen molar-refractivity contribution in [3.8, 4) is 6.07 Å². The topological polar surface area (TPSA) is 105 Å². The van der Waals surface area contributed by atoms with Gasteiger partial charge in [0.2, 0.25) is 5.91 Å². The van der Waals surface area contributed by atoms with E-state index in [1.807, 2.05) is 0 Å². The summed E-state index contributed by atoms with van der Waals surface area (Å²) in [6.45, 7) is 0.315. The molecule has 1 saturated heterocycles. The van der Waals surface area contributed by atoms with Crippen molar-refractivity contribution in [3.63, 3.8) is 0 Å². The molecule has 25 heavy (non-hydrogen) atoms. The highest BCUT2D eigenvalue weighted by Crippen LogP contribution is 2.59. The molecule has 5 fully saturated rings. The van der Waals surface area contributed by atoms with Crippen molar-refractivity contribution >= 4 is 12.0 Å². The first-order valence-electron chi connectivity index (χ1n) is 9.26. The largest absolute Gasteiger partial charge is 0.465 e. The van der Waals surface area contributed by atoms with E-state index in [0.717, 1.165) is 38.5 Å². The molecule has 3 atom stereocenters. The summed E-state index contributed by atoms with van der Waals surface area (Å²) in [5.41, 5.74) is -1.40. The zero-order valence-corrected chi connectivity index (χ0v) is 14.4. The van der Waals surface area contributed by atoms with Crippen molar-refractivity contribution in [3.05, 3.63) is 0 Å². The SMILES string of the molecule is N#C[C@@H]1CCCN1C(=O)CN(C(=O)O)C12CC3CC(CC(O)(C3)C1)C2. The van der Waals surface area contributed by atoms with E-state index in [1.54, 1.807) is 0 Å². The fourth-order valence-electron chi connectivity index (χ4n) is 6.35. The molecule has 0 aromatic rings. The Hall–Kier alpha value is -1.81. The molecule has 1 aliphatic heterocycles. The van der Waals surface area contributed by atoms with E-state index in [0.29, 0.717) is 31.2 Å². The fourth-order valence-corrected chi connectivity index (χ4v) is 6.35. The molecule has 5 aliphatic rings. The van der Waals surface area contributed by atoms with E-state index in [1.165, 1.54) is 9.80 Å². The smallest absolute Gasteiger partial charge is 0.408 e. The molecule has 0 aromatic carbocycles. The molecule has 0 radical (unpaired) electrons. The third-order valence-corrected chi connectivity index (χ3v) is 6.82. The summed E-state index contributed by atoms with van der Waals surface area (Å²) in [7, 11) is 0. The Labute approximate surface area is 147 Å². The predicted molar refractivity (Wildman–Crippen MR) is 87.4 cm³/mol. The normalized spacial score (nSPS) is 41.6. The minimum absolute atomic E-state index is 0.205. The van der Waals surface area contributed by atoms with Gasteiger partial charge in [-0.2, -0.15) is 5.26 Å². The van der Waals surface area contributed by atoms with Gasteiger partial charge >= 0.3 is 6.09 Å². The Morgan fingerprint density at radius 2 is 1.92 bits per heavy atom. The van der Waals surface area contributed by atoms with Gasteiger partial charge < -0.3 is 15.1 Å². The second-order valence-electron chi connectivity index (χ2n) is 8.65. The number of carboxylic acid groups (broad SMARTS) is 1. The van der Waals surface area contributed by atoms with E-state index in [-0.39, 0.29) is 12.5 Å². The fraction of sp³-hybridized carbons (Fsp3) is 0.833. The Morgan fingerprint density at radius 1 is 1.24 bits per heavy atom. The highest BCUT2D eigenvalue weighted by Gasteiger charge is 2.60. The van der Waals surface area contributed by atoms with Gasteiger partial charge in [-0.3, -0.25) is 9.69 Å². The lowest BCUT2D eigenvalue weighted by molar-refractivity contribution is -0.172. The number of hydrogen-bond acceptors (Lipinski definition) is 4. The molecule has 4 saturated carbocycles. The number of likely N-dealkylation sites (tertiary alicyclic amines) is 1. The Morgan fingerprint density at radius 3 is 2.48 bits per heavy atom. The molecule has 4 bridgehead atoms. The van der Waals surface area contributed by atoms with Crippen molar-refractivity contribution in [2.75, 3.05) is 13.1 Å². The van der Waals surface area contributed by atoms with Crippen LogP contribution in [0.3, 0.4) is 0 Å². The maximum absolute atomic E-state index is 12.7. The van der Waals surface area contributed by atoms with Crippen molar-refractivity contribution in [2.24, 2.45) is 11.8 Å². The summed E-state index contributed by atoms with van der Waals surface area (Å²) in [6.07, 6.45) is 4.86. The van der Waals surface area contributed by atoms with E-state index in [4.69, 9.17) is 0 Å². The first kappa shape index (κ1) is 16.6. The molecule has 4 aliphatic carbocycles. The lowest BCUT2D eigenvalue weighted by Gasteiger charge is -2.62. The van der Waals surface area contributed by atoms with Crippen LogP contribution in [0.2, 0.25) is 0 Å². The molecule has 0 spiro atoms. The maximum Gasteiger partial charge on any atom is 0.408 e.